The van der Waals surface area contributed by atoms with Crippen LogP contribution in [0.4, 0.5) is 0 Å². The molecule has 1 aromatic heterocycles. The van der Waals surface area contributed by atoms with E-state index in [0.29, 0.717) is 6.61 Å². The minimum Gasteiger partial charge on any atom is -0.375 e. The third kappa shape index (κ3) is 3.15. The Bertz CT molecular complexity index is 383. The molecule has 0 aromatic carbocycles. The molecule has 0 radical (unpaired) electrons. The van der Waals surface area contributed by atoms with E-state index in [2.05, 4.69) is 39.6 Å². The van der Waals surface area contributed by atoms with E-state index in [-0.39, 0.29) is 0 Å². The van der Waals surface area contributed by atoms with Gasteiger partial charge in [-0.15, -0.1) is 0 Å². The lowest BCUT2D eigenvalue weighted by Crippen LogP contribution is -2.09. The molecule has 1 aliphatic carbocycles. The Morgan fingerprint density at radius 2 is 2.06 bits per heavy atom. The van der Waals surface area contributed by atoms with Crippen LogP contribution in [0.25, 0.3) is 0 Å². The molecule has 0 bridgehead atoms. The van der Waals surface area contributed by atoms with Gasteiger partial charge in [0, 0.05) is 13.2 Å². The molecule has 0 saturated heterocycles. The number of nitrogens with zero attached hydrogens (tertiary/aromatic N) is 2. The largest absolute Gasteiger partial charge is 0.375 e. The molecule has 2 rings (SSSR count). The van der Waals surface area contributed by atoms with E-state index in [1.807, 2.05) is 0 Å². The van der Waals surface area contributed by atoms with E-state index in [1.54, 1.807) is 0 Å². The van der Waals surface area contributed by atoms with Gasteiger partial charge in [-0.3, -0.25) is 4.68 Å². The average Bonchev–Trinajstić information content (AvgIpc) is 2.99. The topological polar surface area (TPSA) is 27.1 Å². The molecule has 1 aromatic rings. The number of halogens is 1. The van der Waals surface area contributed by atoms with Crippen molar-refractivity contribution in [3.05, 3.63) is 15.9 Å². The molecule has 1 aliphatic rings. The zero-order valence-corrected chi connectivity index (χ0v) is 13.0. The van der Waals surface area contributed by atoms with Crippen LogP contribution in [0, 0.1) is 5.92 Å². The SMILES string of the molecule is CCc1nn(CC)c(COCC2CCCC2)c1Br. The maximum atomic E-state index is 5.89. The van der Waals surface area contributed by atoms with Crippen molar-refractivity contribution < 1.29 is 4.74 Å². The van der Waals surface area contributed by atoms with Gasteiger partial charge in [0.1, 0.15) is 0 Å². The first kappa shape index (κ1) is 14.1. The van der Waals surface area contributed by atoms with Gasteiger partial charge in [-0.05, 0) is 48.0 Å². The molecule has 4 heteroatoms. The van der Waals surface area contributed by atoms with Crippen molar-refractivity contribution >= 4 is 15.9 Å². The first-order chi connectivity index (χ1) is 8.76. The second-order valence-electron chi connectivity index (χ2n) is 5.04. The number of hydrogen-bond acceptors (Lipinski definition) is 2. The van der Waals surface area contributed by atoms with Gasteiger partial charge in [0.25, 0.3) is 0 Å². The van der Waals surface area contributed by atoms with Gasteiger partial charge in [-0.1, -0.05) is 19.8 Å². The summed E-state index contributed by atoms with van der Waals surface area (Å²) in [5.74, 6) is 0.785. The third-order valence-electron chi connectivity index (χ3n) is 3.76. The van der Waals surface area contributed by atoms with Crippen molar-refractivity contribution in [3.8, 4) is 0 Å². The zero-order valence-electron chi connectivity index (χ0n) is 11.4. The van der Waals surface area contributed by atoms with Crippen LogP contribution in [-0.4, -0.2) is 16.4 Å². The van der Waals surface area contributed by atoms with E-state index in [0.717, 1.165) is 35.7 Å². The first-order valence-electron chi connectivity index (χ1n) is 7.08. The van der Waals surface area contributed by atoms with Crippen LogP contribution in [0.15, 0.2) is 4.47 Å². The monoisotopic (exact) mass is 314 g/mol. The Balaban J connectivity index is 1.92. The van der Waals surface area contributed by atoms with E-state index >= 15 is 0 Å². The highest BCUT2D eigenvalue weighted by Gasteiger charge is 2.17. The van der Waals surface area contributed by atoms with Crippen molar-refractivity contribution in [2.24, 2.45) is 5.92 Å². The number of aryl methyl sites for hydroxylation is 2. The third-order valence-corrected chi connectivity index (χ3v) is 4.68. The summed E-state index contributed by atoms with van der Waals surface area (Å²) in [5.41, 5.74) is 2.32. The Morgan fingerprint density at radius 3 is 2.67 bits per heavy atom. The quantitative estimate of drug-likeness (QED) is 0.795. The van der Waals surface area contributed by atoms with Gasteiger partial charge in [0.15, 0.2) is 0 Å². The summed E-state index contributed by atoms with van der Waals surface area (Å²) in [6.07, 6.45) is 6.40. The fraction of sp³-hybridized carbons (Fsp3) is 0.786. The first-order valence-corrected chi connectivity index (χ1v) is 7.87. The number of ether oxygens (including phenoxy) is 1. The summed E-state index contributed by atoms with van der Waals surface area (Å²) in [7, 11) is 0. The molecular formula is C14H23BrN2O. The van der Waals surface area contributed by atoms with Crippen LogP contribution >= 0.6 is 15.9 Å². The highest BCUT2D eigenvalue weighted by atomic mass is 79.9. The van der Waals surface area contributed by atoms with Crippen molar-refractivity contribution in [3.63, 3.8) is 0 Å². The molecule has 1 heterocycles. The van der Waals surface area contributed by atoms with E-state index in [4.69, 9.17) is 4.74 Å². The lowest BCUT2D eigenvalue weighted by Gasteiger charge is -2.11. The molecular weight excluding hydrogens is 292 g/mol. The van der Waals surface area contributed by atoms with Gasteiger partial charge in [0.05, 0.1) is 22.5 Å². The summed E-state index contributed by atoms with van der Waals surface area (Å²) in [6.45, 7) is 6.75. The highest BCUT2D eigenvalue weighted by Crippen LogP contribution is 2.26. The smallest absolute Gasteiger partial charge is 0.0896 e. The summed E-state index contributed by atoms with van der Waals surface area (Å²) in [4.78, 5) is 0. The second-order valence-corrected chi connectivity index (χ2v) is 5.84. The van der Waals surface area contributed by atoms with Crippen molar-refractivity contribution in [2.75, 3.05) is 6.61 Å². The van der Waals surface area contributed by atoms with Crippen LogP contribution < -0.4 is 0 Å². The van der Waals surface area contributed by atoms with Crippen LogP contribution in [-0.2, 0) is 24.3 Å². The van der Waals surface area contributed by atoms with Crippen molar-refractivity contribution in [2.45, 2.75) is 59.1 Å². The molecule has 18 heavy (non-hydrogen) atoms. The minimum atomic E-state index is 0.678. The summed E-state index contributed by atoms with van der Waals surface area (Å²) >= 11 is 3.65. The lowest BCUT2D eigenvalue weighted by molar-refractivity contribution is 0.0838. The second kappa shape index (κ2) is 6.71. The van der Waals surface area contributed by atoms with Gasteiger partial charge in [-0.2, -0.15) is 5.10 Å². The fourth-order valence-electron chi connectivity index (χ4n) is 2.65. The summed E-state index contributed by atoms with van der Waals surface area (Å²) in [5, 5.41) is 4.59. The Hall–Kier alpha value is -0.350. The van der Waals surface area contributed by atoms with Crippen LogP contribution in [0.5, 0.6) is 0 Å². The maximum absolute atomic E-state index is 5.89. The minimum absolute atomic E-state index is 0.678. The molecule has 0 N–H and O–H groups in total. The van der Waals surface area contributed by atoms with E-state index in [1.165, 1.54) is 31.4 Å². The van der Waals surface area contributed by atoms with Gasteiger partial charge in [0.2, 0.25) is 0 Å². The molecule has 0 amide bonds. The molecule has 0 unspecified atom stereocenters. The molecule has 0 aliphatic heterocycles. The van der Waals surface area contributed by atoms with Crippen LogP contribution in [0.1, 0.15) is 50.9 Å². The predicted molar refractivity (Wildman–Crippen MR) is 76.6 cm³/mol. The number of hydrogen-bond donors (Lipinski definition) is 0. The van der Waals surface area contributed by atoms with E-state index < -0.39 is 0 Å². The molecule has 1 saturated carbocycles. The Labute approximate surface area is 118 Å². The fourth-order valence-corrected chi connectivity index (χ4v) is 3.33. The molecule has 0 spiro atoms. The standard InChI is InChI=1S/C14H23BrN2O/c1-3-12-14(15)13(17(4-2)16-12)10-18-9-11-7-5-6-8-11/h11H,3-10H2,1-2H3. The normalized spacial score (nSPS) is 16.6. The average molecular weight is 315 g/mol. The van der Waals surface area contributed by atoms with E-state index in [9.17, 15) is 0 Å². The summed E-state index contributed by atoms with van der Waals surface area (Å²) in [6, 6.07) is 0. The van der Waals surface area contributed by atoms with Gasteiger partial charge >= 0.3 is 0 Å². The van der Waals surface area contributed by atoms with Gasteiger partial charge < -0.3 is 4.74 Å². The maximum Gasteiger partial charge on any atom is 0.0896 e. The van der Waals surface area contributed by atoms with Crippen LogP contribution in [0.2, 0.25) is 0 Å². The molecule has 3 nitrogen and oxygen atoms in total. The number of rotatable bonds is 6. The van der Waals surface area contributed by atoms with Crippen LogP contribution in [0.3, 0.4) is 0 Å². The molecule has 102 valence electrons. The zero-order chi connectivity index (χ0) is 13.0. The van der Waals surface area contributed by atoms with Gasteiger partial charge in [-0.25, -0.2) is 0 Å². The predicted octanol–water partition coefficient (Wildman–Crippen LogP) is 3.93. The molecule has 1 fully saturated rings. The van der Waals surface area contributed by atoms with Crippen molar-refractivity contribution in [1.82, 2.24) is 9.78 Å². The molecule has 0 atom stereocenters. The Kier molecular flexibility index (Phi) is 5.25. The Morgan fingerprint density at radius 1 is 1.33 bits per heavy atom. The highest BCUT2D eigenvalue weighted by molar-refractivity contribution is 9.10. The lowest BCUT2D eigenvalue weighted by atomic mass is 10.1. The number of aromatic nitrogens is 2. The van der Waals surface area contributed by atoms with Crippen molar-refractivity contribution in [1.29, 1.82) is 0 Å². The summed E-state index contributed by atoms with van der Waals surface area (Å²) < 4.78 is 9.08.